The van der Waals surface area contributed by atoms with Crippen molar-refractivity contribution in [3.8, 4) is 0 Å². The summed E-state index contributed by atoms with van der Waals surface area (Å²) in [6.45, 7) is 11.6. The number of nitrogens with zero attached hydrogens (tertiary/aromatic N) is 2. The zero-order valence-electron chi connectivity index (χ0n) is 22.5. The van der Waals surface area contributed by atoms with Crippen LogP contribution in [0.1, 0.15) is 87.4 Å². The zero-order valence-corrected chi connectivity index (χ0v) is 23.3. The molecule has 2 aromatic heterocycles. The van der Waals surface area contributed by atoms with Crippen molar-refractivity contribution in [2.75, 3.05) is 26.7 Å². The Bertz CT molecular complexity index is 1170. The van der Waals surface area contributed by atoms with Gasteiger partial charge in [-0.1, -0.05) is 6.92 Å². The average Bonchev–Trinajstić information content (AvgIpc) is 3.06. The molecule has 1 atom stereocenters. The molecule has 0 radical (unpaired) electrons. The number of aromatic amines is 1. The number of rotatable bonds is 6. The highest BCUT2D eigenvalue weighted by Gasteiger charge is 2.37. The van der Waals surface area contributed by atoms with E-state index in [9.17, 15) is 9.59 Å². The van der Waals surface area contributed by atoms with Crippen LogP contribution in [0.4, 0.5) is 0 Å². The molecule has 2 fully saturated rings. The second-order valence-corrected chi connectivity index (χ2v) is 12.5. The maximum Gasteiger partial charge on any atom is 0.255 e. The summed E-state index contributed by atoms with van der Waals surface area (Å²) < 4.78 is 5.46. The quantitative estimate of drug-likeness (QED) is 0.596. The van der Waals surface area contributed by atoms with Gasteiger partial charge in [-0.3, -0.25) is 14.5 Å². The summed E-state index contributed by atoms with van der Waals surface area (Å²) in [6.07, 6.45) is 7.38. The number of aromatic nitrogens is 1. The Balaban J connectivity index is 1.29. The minimum atomic E-state index is -0.0762. The molecule has 196 valence electrons. The normalized spacial score (nSPS) is 24.4. The zero-order chi connectivity index (χ0) is 25.6. The number of fused-ring (bicyclic) bond motifs is 1. The fourth-order valence-electron chi connectivity index (χ4n) is 6.69. The van der Waals surface area contributed by atoms with E-state index in [1.54, 1.807) is 0 Å². The molecular weight excluding hydrogens is 470 g/mol. The third-order valence-electron chi connectivity index (χ3n) is 9.02. The van der Waals surface area contributed by atoms with Gasteiger partial charge in [-0.2, -0.15) is 0 Å². The second-order valence-electron chi connectivity index (χ2n) is 11.3. The van der Waals surface area contributed by atoms with Gasteiger partial charge in [0.25, 0.3) is 11.5 Å². The van der Waals surface area contributed by atoms with Gasteiger partial charge in [-0.15, -0.1) is 11.3 Å². The number of methoxy groups -OCH3 is 1. The first-order valence-electron chi connectivity index (χ1n) is 13.6. The lowest BCUT2D eigenvalue weighted by Gasteiger charge is -2.46. The predicted octanol–water partition coefficient (Wildman–Crippen LogP) is 4.94. The van der Waals surface area contributed by atoms with Gasteiger partial charge in [0, 0.05) is 53.8 Å². The maximum absolute atomic E-state index is 13.8. The molecule has 1 N–H and O–H groups in total. The number of pyridine rings is 1. The number of thiophene rings is 1. The average molecular weight is 512 g/mol. The van der Waals surface area contributed by atoms with Crippen molar-refractivity contribution in [1.82, 2.24) is 14.8 Å². The minimum Gasteiger partial charge on any atom is -0.379 e. The fraction of sp³-hybridized carbons (Fsp3) is 0.655. The summed E-state index contributed by atoms with van der Waals surface area (Å²) in [6, 6.07) is 2.71. The Morgan fingerprint density at radius 1 is 1.14 bits per heavy atom. The number of aryl methyl sites for hydroxylation is 3. The first-order chi connectivity index (χ1) is 17.3. The third-order valence-corrected chi connectivity index (χ3v) is 10.6. The van der Waals surface area contributed by atoms with Gasteiger partial charge < -0.3 is 14.6 Å². The molecule has 2 aliphatic heterocycles. The lowest BCUT2D eigenvalue weighted by Crippen LogP contribution is -2.56. The number of nitrogens with one attached hydrogen (secondary N) is 1. The smallest absolute Gasteiger partial charge is 0.255 e. The molecule has 1 aliphatic carbocycles. The van der Waals surface area contributed by atoms with Gasteiger partial charge in [-0.05, 0) is 88.3 Å². The van der Waals surface area contributed by atoms with Crippen LogP contribution in [0.25, 0.3) is 0 Å². The van der Waals surface area contributed by atoms with E-state index in [2.05, 4.69) is 23.7 Å². The molecule has 3 aliphatic rings. The third kappa shape index (κ3) is 4.82. The van der Waals surface area contributed by atoms with Crippen LogP contribution in [-0.2, 0) is 17.7 Å². The summed E-state index contributed by atoms with van der Waals surface area (Å²) in [5, 5.41) is 0. The van der Waals surface area contributed by atoms with Crippen LogP contribution in [0.2, 0.25) is 0 Å². The van der Waals surface area contributed by atoms with Crippen molar-refractivity contribution in [1.29, 1.82) is 0 Å². The van der Waals surface area contributed by atoms with Crippen molar-refractivity contribution in [3.63, 3.8) is 0 Å². The number of H-pyrrole nitrogens is 1. The van der Waals surface area contributed by atoms with Crippen LogP contribution in [0, 0.1) is 26.7 Å². The molecule has 1 amide bonds. The molecule has 1 saturated carbocycles. The second kappa shape index (κ2) is 10.4. The molecule has 6 nitrogen and oxygen atoms in total. The Morgan fingerprint density at radius 3 is 2.53 bits per heavy atom. The first kappa shape index (κ1) is 25.7. The Labute approximate surface area is 219 Å². The molecule has 36 heavy (non-hydrogen) atoms. The van der Waals surface area contributed by atoms with E-state index in [1.807, 2.05) is 43.3 Å². The van der Waals surface area contributed by atoms with E-state index in [-0.39, 0.29) is 11.5 Å². The highest BCUT2D eigenvalue weighted by atomic mass is 32.1. The van der Waals surface area contributed by atoms with E-state index in [0.717, 1.165) is 42.8 Å². The highest BCUT2D eigenvalue weighted by Crippen LogP contribution is 2.44. The number of hydrogen-bond acceptors (Lipinski definition) is 5. The van der Waals surface area contributed by atoms with Crippen molar-refractivity contribution in [2.24, 2.45) is 5.92 Å². The standard InChI is InChI=1S/C29H41N3O3S/c1-17-13-18(2)30-28(33)24(17)16-31-12-6-7-25-26(29(31)34)20(4)27(36-25)19(3)21-8-10-22(11-9-21)32-14-23(15-32)35-5/h13,19,21-23H,6-12,14-16H2,1-5H3,(H,30,33)/t19-,21-,22-/m1/s1. The van der Waals surface area contributed by atoms with Gasteiger partial charge in [0.15, 0.2) is 0 Å². The molecule has 1 saturated heterocycles. The Hall–Kier alpha value is -1.96. The maximum atomic E-state index is 13.8. The Morgan fingerprint density at radius 2 is 1.86 bits per heavy atom. The van der Waals surface area contributed by atoms with Crippen LogP contribution >= 0.6 is 11.3 Å². The number of ether oxygens (including phenoxy) is 1. The largest absolute Gasteiger partial charge is 0.379 e. The van der Waals surface area contributed by atoms with Gasteiger partial charge in [0.1, 0.15) is 0 Å². The highest BCUT2D eigenvalue weighted by molar-refractivity contribution is 7.12. The number of likely N-dealkylation sites (tertiary alicyclic amines) is 1. The summed E-state index contributed by atoms with van der Waals surface area (Å²) in [7, 11) is 1.82. The number of amides is 1. The number of hydrogen-bond donors (Lipinski definition) is 1. The first-order valence-corrected chi connectivity index (χ1v) is 14.5. The van der Waals surface area contributed by atoms with Crippen LogP contribution < -0.4 is 5.56 Å². The van der Waals surface area contributed by atoms with Crippen molar-refractivity contribution < 1.29 is 9.53 Å². The summed E-state index contributed by atoms with van der Waals surface area (Å²) >= 11 is 1.88. The van der Waals surface area contributed by atoms with Crippen LogP contribution in [0.5, 0.6) is 0 Å². The van der Waals surface area contributed by atoms with Gasteiger partial charge in [-0.25, -0.2) is 0 Å². The minimum absolute atomic E-state index is 0.0762. The molecule has 2 aromatic rings. The van der Waals surface area contributed by atoms with E-state index in [4.69, 9.17) is 4.74 Å². The monoisotopic (exact) mass is 511 g/mol. The molecule has 0 unspecified atom stereocenters. The van der Waals surface area contributed by atoms with Crippen molar-refractivity contribution in [2.45, 2.75) is 90.8 Å². The Kier molecular flexibility index (Phi) is 7.44. The fourth-order valence-corrected chi connectivity index (χ4v) is 8.18. The van der Waals surface area contributed by atoms with Gasteiger partial charge >= 0.3 is 0 Å². The van der Waals surface area contributed by atoms with E-state index < -0.39 is 0 Å². The lowest BCUT2D eigenvalue weighted by atomic mass is 9.76. The van der Waals surface area contributed by atoms with E-state index in [0.29, 0.717) is 42.6 Å². The SMILES string of the molecule is COC1CN([C@H]2CC[C@H]([C@@H](C)c3sc4c(c3C)C(=O)N(Cc3c(C)cc(C)[nH]c3=O)CCC4)CC2)C1. The molecule has 0 bridgehead atoms. The molecule has 0 spiro atoms. The van der Waals surface area contributed by atoms with Crippen molar-refractivity contribution in [3.05, 3.63) is 54.1 Å². The lowest BCUT2D eigenvalue weighted by molar-refractivity contribution is -0.0600. The van der Waals surface area contributed by atoms with Crippen molar-refractivity contribution >= 4 is 17.2 Å². The predicted molar refractivity (Wildman–Crippen MR) is 145 cm³/mol. The number of carbonyl (C=O) groups excluding carboxylic acids is 1. The van der Waals surface area contributed by atoms with Gasteiger partial charge in [0.2, 0.25) is 0 Å². The molecule has 4 heterocycles. The molecular formula is C29H41N3O3S. The van der Waals surface area contributed by atoms with E-state index >= 15 is 0 Å². The molecule has 0 aromatic carbocycles. The summed E-state index contributed by atoms with van der Waals surface area (Å²) in [5.74, 6) is 1.26. The van der Waals surface area contributed by atoms with Gasteiger partial charge in [0.05, 0.1) is 18.2 Å². The van der Waals surface area contributed by atoms with Crippen LogP contribution in [0.3, 0.4) is 0 Å². The van der Waals surface area contributed by atoms with E-state index in [1.165, 1.54) is 41.0 Å². The van der Waals surface area contributed by atoms with Crippen LogP contribution in [0.15, 0.2) is 10.9 Å². The molecule has 5 rings (SSSR count). The summed E-state index contributed by atoms with van der Waals surface area (Å²) in [5.41, 5.74) is 4.54. The molecule has 7 heteroatoms. The summed E-state index contributed by atoms with van der Waals surface area (Å²) in [4.78, 5) is 36.5. The van der Waals surface area contributed by atoms with Crippen LogP contribution in [-0.4, -0.2) is 59.6 Å². The topological polar surface area (TPSA) is 65.6 Å². The number of carbonyl (C=O) groups is 1.